The first-order valence-electron chi connectivity index (χ1n) is 15.9. The molecule has 13 heteroatoms. The van der Waals surface area contributed by atoms with Crippen molar-refractivity contribution in [2.24, 2.45) is 0 Å². The summed E-state index contributed by atoms with van der Waals surface area (Å²) in [6, 6.07) is 22.2. The molecule has 4 aromatic rings. The number of carbonyl (C=O) groups is 2. The first kappa shape index (κ1) is 35.3. The minimum absolute atomic E-state index is 0.124. The number of carbonyl (C=O) groups excluding carboxylic acids is 1. The molecule has 0 unspecified atom stereocenters. The van der Waals surface area contributed by atoms with Crippen LogP contribution in [0.4, 0.5) is 10.7 Å². The summed E-state index contributed by atoms with van der Waals surface area (Å²) in [6.07, 6.45) is -0.403. The molecule has 2 heterocycles. The number of ether oxygens (including phenoxy) is 2. The predicted molar refractivity (Wildman–Crippen MR) is 185 cm³/mol. The van der Waals surface area contributed by atoms with Crippen molar-refractivity contribution in [1.82, 2.24) is 19.8 Å². The van der Waals surface area contributed by atoms with E-state index in [1.807, 2.05) is 83.1 Å². The number of amides is 1. The summed E-state index contributed by atoms with van der Waals surface area (Å²) < 4.78 is 41.2. The number of hydrogen-bond donors (Lipinski definition) is 2. The number of nitrogens with one attached hydrogen (secondary N) is 1. The molecule has 0 spiro atoms. The second kappa shape index (κ2) is 14.6. The molecular formula is C36H41N5O7S. The zero-order valence-electron chi connectivity index (χ0n) is 28.2. The molecule has 1 fully saturated rings. The molecule has 0 saturated carbocycles. The Morgan fingerprint density at radius 2 is 1.63 bits per heavy atom. The van der Waals surface area contributed by atoms with Crippen LogP contribution in [0.15, 0.2) is 83.8 Å². The van der Waals surface area contributed by atoms with E-state index in [2.05, 4.69) is 19.6 Å². The van der Waals surface area contributed by atoms with Gasteiger partial charge in [0, 0.05) is 37.8 Å². The van der Waals surface area contributed by atoms with Gasteiger partial charge in [-0.15, -0.1) is 0 Å². The number of aromatic carboxylic acids is 1. The number of aromatic nitrogens is 2. The largest absolute Gasteiger partial charge is 0.478 e. The normalized spacial score (nSPS) is 15.4. The van der Waals surface area contributed by atoms with Crippen molar-refractivity contribution < 1.29 is 32.6 Å². The van der Waals surface area contributed by atoms with Crippen LogP contribution in [0.1, 0.15) is 47.8 Å². The second-order valence-electron chi connectivity index (χ2n) is 13.0. The lowest BCUT2D eigenvalue weighted by molar-refractivity contribution is -0.00448. The highest BCUT2D eigenvalue weighted by atomic mass is 32.2. The molecule has 1 aliphatic heterocycles. The molecule has 3 aromatic carbocycles. The van der Waals surface area contributed by atoms with Gasteiger partial charge in [-0.1, -0.05) is 54.6 Å². The van der Waals surface area contributed by atoms with E-state index in [-0.39, 0.29) is 34.9 Å². The van der Waals surface area contributed by atoms with Crippen LogP contribution in [0.3, 0.4) is 0 Å². The van der Waals surface area contributed by atoms with Gasteiger partial charge >= 0.3 is 12.1 Å². The smallest absolute Gasteiger partial charge is 0.410 e. The lowest BCUT2D eigenvalue weighted by Gasteiger charge is -2.41. The third kappa shape index (κ3) is 9.12. The molecule has 0 bridgehead atoms. The third-order valence-corrected chi connectivity index (χ3v) is 9.29. The van der Waals surface area contributed by atoms with Crippen LogP contribution in [0.5, 0.6) is 5.88 Å². The van der Waals surface area contributed by atoms with Gasteiger partial charge in [0.05, 0.1) is 22.2 Å². The molecule has 1 aliphatic rings. The van der Waals surface area contributed by atoms with Crippen molar-refractivity contribution in [2.75, 3.05) is 31.0 Å². The second-order valence-corrected chi connectivity index (χ2v) is 14.6. The maximum Gasteiger partial charge on any atom is 0.410 e. The fourth-order valence-corrected chi connectivity index (χ4v) is 6.61. The quantitative estimate of drug-likeness (QED) is 0.211. The molecule has 1 saturated heterocycles. The molecule has 258 valence electrons. The zero-order chi connectivity index (χ0) is 35.3. The van der Waals surface area contributed by atoms with Crippen LogP contribution in [-0.4, -0.2) is 83.2 Å². The Balaban J connectivity index is 1.46. The van der Waals surface area contributed by atoms with Gasteiger partial charge in [-0.3, -0.25) is 4.90 Å². The number of sulfonamides is 1. The number of aryl methyl sites for hydroxylation is 2. The summed E-state index contributed by atoms with van der Waals surface area (Å²) in [5.41, 5.74) is 3.36. The van der Waals surface area contributed by atoms with Gasteiger partial charge in [0.2, 0.25) is 11.8 Å². The Morgan fingerprint density at radius 3 is 2.31 bits per heavy atom. The summed E-state index contributed by atoms with van der Waals surface area (Å²) in [4.78, 5) is 37.2. The number of piperazine rings is 1. The summed E-state index contributed by atoms with van der Waals surface area (Å²) in [5, 5.41) is 9.39. The minimum Gasteiger partial charge on any atom is -0.478 e. The maximum absolute atomic E-state index is 13.4. The van der Waals surface area contributed by atoms with E-state index in [0.717, 1.165) is 28.3 Å². The lowest BCUT2D eigenvalue weighted by atomic mass is 10.00. The minimum atomic E-state index is -4.28. The highest BCUT2D eigenvalue weighted by Crippen LogP contribution is 2.30. The number of hydrogen-bond acceptors (Lipinski definition) is 9. The van der Waals surface area contributed by atoms with E-state index >= 15 is 0 Å². The maximum atomic E-state index is 13.4. The standard InChI is InChI=1S/C36H41N5O7S/c1-24-11-9-12-25(2)32(24)30-20-31(38-34(37-30)39-49(45,46)29-16-10-15-27(19-29)33(42)43)47-23-28-22-41(35(44)48-36(3,4)5)18-17-40(28)21-26-13-7-6-8-14-26/h6-16,19-20,28H,17-18,21-23H2,1-5H3,(H,42,43)(H,37,38,39)/t28-/m1/s1. The van der Waals surface area contributed by atoms with Gasteiger partial charge < -0.3 is 19.5 Å². The van der Waals surface area contributed by atoms with Crippen LogP contribution in [0.25, 0.3) is 11.3 Å². The van der Waals surface area contributed by atoms with E-state index in [1.165, 1.54) is 18.2 Å². The summed E-state index contributed by atoms with van der Waals surface area (Å²) in [6.45, 7) is 11.5. The van der Waals surface area contributed by atoms with E-state index in [1.54, 1.807) is 11.0 Å². The third-order valence-electron chi connectivity index (χ3n) is 7.97. The molecule has 49 heavy (non-hydrogen) atoms. The van der Waals surface area contributed by atoms with Gasteiger partial charge in [-0.25, -0.2) is 27.7 Å². The van der Waals surface area contributed by atoms with Crippen molar-refractivity contribution in [3.05, 3.63) is 101 Å². The molecule has 1 amide bonds. The number of anilines is 1. The van der Waals surface area contributed by atoms with Crippen molar-refractivity contribution in [3.8, 4) is 17.1 Å². The SMILES string of the molecule is Cc1cccc(C)c1-c1cc(OC[C@H]2CN(C(=O)OC(C)(C)C)CCN2Cc2ccccc2)nc(NS(=O)(=O)c2cccc(C(=O)O)c2)n1. The average molecular weight is 688 g/mol. The highest BCUT2D eigenvalue weighted by Gasteiger charge is 2.33. The number of nitrogens with zero attached hydrogens (tertiary/aromatic N) is 4. The van der Waals surface area contributed by atoms with Gasteiger partial charge in [0.15, 0.2) is 0 Å². The van der Waals surface area contributed by atoms with E-state index < -0.39 is 27.7 Å². The van der Waals surface area contributed by atoms with Gasteiger partial charge in [-0.2, -0.15) is 4.98 Å². The molecular weight excluding hydrogens is 646 g/mol. The summed E-state index contributed by atoms with van der Waals surface area (Å²) in [5.74, 6) is -1.37. The van der Waals surface area contributed by atoms with Gasteiger partial charge in [0.25, 0.3) is 10.0 Å². The molecule has 0 aliphatic carbocycles. The van der Waals surface area contributed by atoms with Gasteiger partial charge in [-0.05, 0) is 69.5 Å². The average Bonchev–Trinajstić information content (AvgIpc) is 3.03. The van der Waals surface area contributed by atoms with E-state index in [9.17, 15) is 23.1 Å². The first-order valence-corrected chi connectivity index (χ1v) is 17.4. The Morgan fingerprint density at radius 1 is 0.939 bits per heavy atom. The highest BCUT2D eigenvalue weighted by molar-refractivity contribution is 7.92. The van der Waals surface area contributed by atoms with Crippen LogP contribution in [-0.2, 0) is 21.3 Å². The Hall–Kier alpha value is -5.01. The predicted octanol–water partition coefficient (Wildman–Crippen LogP) is 5.76. The lowest BCUT2D eigenvalue weighted by Crippen LogP contribution is -2.57. The Kier molecular flexibility index (Phi) is 10.5. The Bertz CT molecular complexity index is 1910. The summed E-state index contributed by atoms with van der Waals surface area (Å²) in [7, 11) is -4.28. The first-order chi connectivity index (χ1) is 23.2. The van der Waals surface area contributed by atoms with E-state index in [4.69, 9.17) is 9.47 Å². The molecule has 2 N–H and O–H groups in total. The molecule has 5 rings (SSSR count). The molecule has 1 atom stereocenters. The number of carboxylic acids is 1. The summed E-state index contributed by atoms with van der Waals surface area (Å²) >= 11 is 0. The van der Waals surface area contributed by atoms with Crippen LogP contribution >= 0.6 is 0 Å². The van der Waals surface area contributed by atoms with Crippen LogP contribution < -0.4 is 9.46 Å². The molecule has 1 aromatic heterocycles. The fraction of sp³-hybridized carbons (Fsp3) is 0.333. The van der Waals surface area contributed by atoms with Crippen molar-refractivity contribution in [1.29, 1.82) is 0 Å². The number of benzene rings is 3. The van der Waals surface area contributed by atoms with Gasteiger partial charge in [0.1, 0.15) is 12.2 Å². The number of rotatable bonds is 10. The zero-order valence-corrected chi connectivity index (χ0v) is 29.0. The monoisotopic (exact) mass is 687 g/mol. The van der Waals surface area contributed by atoms with Crippen LogP contribution in [0, 0.1) is 13.8 Å². The Labute approximate surface area is 286 Å². The van der Waals surface area contributed by atoms with Crippen molar-refractivity contribution >= 4 is 28.0 Å². The topological polar surface area (TPSA) is 151 Å². The van der Waals surface area contributed by atoms with Crippen LogP contribution in [0.2, 0.25) is 0 Å². The fourth-order valence-electron chi connectivity index (χ4n) is 5.62. The van der Waals surface area contributed by atoms with E-state index in [0.29, 0.717) is 31.9 Å². The number of carboxylic acid groups (broad SMARTS) is 1. The molecule has 0 radical (unpaired) electrons. The van der Waals surface area contributed by atoms with Crippen molar-refractivity contribution in [2.45, 2.75) is 57.7 Å². The van der Waals surface area contributed by atoms with Crippen molar-refractivity contribution in [3.63, 3.8) is 0 Å². The molecule has 12 nitrogen and oxygen atoms in total.